The van der Waals surface area contributed by atoms with E-state index in [-0.39, 0.29) is 25.7 Å². The normalized spacial score (nSPS) is 11.1. The fraction of sp³-hybridized carbons (Fsp3) is 0.179. The van der Waals surface area contributed by atoms with Crippen molar-refractivity contribution in [2.75, 3.05) is 13.7 Å². The summed E-state index contributed by atoms with van der Waals surface area (Å²) in [4.78, 5) is 15.4. The lowest BCUT2D eigenvalue weighted by Crippen LogP contribution is -2.11. The molecule has 0 bridgehead atoms. The molecule has 0 atom stereocenters. The summed E-state index contributed by atoms with van der Waals surface area (Å²) >= 11 is 0. The van der Waals surface area contributed by atoms with E-state index in [2.05, 4.69) is 4.98 Å². The maximum Gasteiger partial charge on any atom is 0.515 e. The highest BCUT2D eigenvalue weighted by atomic mass is 16.7. The fourth-order valence-electron chi connectivity index (χ4n) is 4.14. The standard InChI is InChI=1S/C28H25NO7/c1-3-33-28(31)36-27-24(26-25(29-27)21-10-6-7-11-22(21)35-26)20-13-12-19(32-2)14-23(20)34-16-18-9-5-4-8-17(18)15-30/h4-14,29-30H,3,15-16H2,1-2H3. The van der Waals surface area contributed by atoms with Crippen LogP contribution in [0.4, 0.5) is 4.79 Å². The molecule has 0 radical (unpaired) electrons. The highest BCUT2D eigenvalue weighted by molar-refractivity contribution is 6.10. The van der Waals surface area contributed by atoms with E-state index in [4.69, 9.17) is 23.4 Å². The van der Waals surface area contributed by atoms with Crippen LogP contribution < -0.4 is 14.2 Å². The maximum atomic E-state index is 12.3. The number of hydrogen-bond donors (Lipinski definition) is 2. The smallest absolute Gasteiger partial charge is 0.497 e. The number of hydrogen-bond acceptors (Lipinski definition) is 7. The number of furan rings is 1. The minimum absolute atomic E-state index is 0.0978. The Morgan fingerprint density at radius 1 is 1.03 bits per heavy atom. The van der Waals surface area contributed by atoms with E-state index in [1.165, 1.54) is 0 Å². The van der Waals surface area contributed by atoms with Gasteiger partial charge in [0.2, 0.25) is 5.88 Å². The third-order valence-electron chi connectivity index (χ3n) is 5.87. The van der Waals surface area contributed by atoms with Gasteiger partial charge in [0.25, 0.3) is 0 Å². The van der Waals surface area contributed by atoms with Crippen LogP contribution in [0.25, 0.3) is 33.2 Å². The number of carbonyl (C=O) groups is 1. The molecule has 2 heterocycles. The van der Waals surface area contributed by atoms with Crippen LogP contribution in [0, 0.1) is 0 Å². The number of aliphatic hydroxyl groups is 1. The highest BCUT2D eigenvalue weighted by Gasteiger charge is 2.26. The van der Waals surface area contributed by atoms with Crippen molar-refractivity contribution in [2.45, 2.75) is 20.1 Å². The lowest BCUT2D eigenvalue weighted by atomic mass is 10.1. The Balaban J connectivity index is 1.65. The number of para-hydroxylation sites is 1. The molecule has 0 unspecified atom stereocenters. The Kier molecular flexibility index (Phi) is 6.51. The number of methoxy groups -OCH3 is 1. The van der Waals surface area contributed by atoms with Gasteiger partial charge in [0, 0.05) is 17.0 Å². The van der Waals surface area contributed by atoms with Crippen molar-refractivity contribution in [3.05, 3.63) is 77.9 Å². The number of benzene rings is 3. The first-order chi connectivity index (χ1) is 17.6. The van der Waals surface area contributed by atoms with E-state index >= 15 is 0 Å². The molecule has 5 rings (SSSR count). The minimum atomic E-state index is -0.834. The second kappa shape index (κ2) is 10.1. The number of aliphatic hydroxyl groups excluding tert-OH is 1. The van der Waals surface area contributed by atoms with Gasteiger partial charge in [0.15, 0.2) is 5.58 Å². The molecule has 2 aromatic heterocycles. The lowest BCUT2D eigenvalue weighted by Gasteiger charge is -2.15. The van der Waals surface area contributed by atoms with Crippen molar-refractivity contribution in [2.24, 2.45) is 0 Å². The van der Waals surface area contributed by atoms with Crippen LogP contribution in [0.1, 0.15) is 18.1 Å². The number of H-pyrrole nitrogens is 1. The quantitative estimate of drug-likeness (QED) is 0.251. The van der Waals surface area contributed by atoms with Gasteiger partial charge < -0.3 is 33.5 Å². The molecule has 2 N–H and O–H groups in total. The summed E-state index contributed by atoms with van der Waals surface area (Å²) in [6.07, 6.45) is -0.834. The molecule has 36 heavy (non-hydrogen) atoms. The van der Waals surface area contributed by atoms with E-state index in [1.54, 1.807) is 26.2 Å². The summed E-state index contributed by atoms with van der Waals surface area (Å²) < 4.78 is 28.4. The SMILES string of the molecule is CCOC(=O)Oc1[nH]c2c(oc3ccccc32)c1-c1ccc(OC)cc1OCc1ccccc1CO. The average molecular weight is 488 g/mol. The molecule has 0 aliphatic carbocycles. The molecule has 184 valence electrons. The Labute approximate surface area is 207 Å². The van der Waals surface area contributed by atoms with Crippen LogP contribution in [-0.2, 0) is 18.0 Å². The van der Waals surface area contributed by atoms with Crippen LogP contribution in [0.15, 0.2) is 71.1 Å². The molecule has 0 saturated heterocycles. The van der Waals surface area contributed by atoms with Crippen molar-refractivity contribution < 1.29 is 33.3 Å². The second-order valence-electron chi connectivity index (χ2n) is 7.99. The molecule has 0 fully saturated rings. The number of aromatic nitrogens is 1. The van der Waals surface area contributed by atoms with Gasteiger partial charge >= 0.3 is 6.16 Å². The predicted molar refractivity (Wildman–Crippen MR) is 134 cm³/mol. The molecule has 0 aliphatic rings. The molecule has 8 nitrogen and oxygen atoms in total. The molecule has 0 spiro atoms. The van der Waals surface area contributed by atoms with Crippen LogP contribution in [-0.4, -0.2) is 30.0 Å². The van der Waals surface area contributed by atoms with Crippen molar-refractivity contribution in [3.8, 4) is 28.5 Å². The summed E-state index contributed by atoms with van der Waals surface area (Å²) in [6.45, 7) is 1.99. The number of ether oxygens (including phenoxy) is 4. The average Bonchev–Trinajstić information content (AvgIpc) is 3.43. The third kappa shape index (κ3) is 4.34. The molecule has 3 aromatic carbocycles. The van der Waals surface area contributed by atoms with Gasteiger partial charge in [-0.1, -0.05) is 36.4 Å². The zero-order valence-electron chi connectivity index (χ0n) is 19.9. The first-order valence-electron chi connectivity index (χ1n) is 11.5. The van der Waals surface area contributed by atoms with Gasteiger partial charge in [0.1, 0.15) is 23.7 Å². The first-order valence-corrected chi connectivity index (χ1v) is 11.5. The number of fused-ring (bicyclic) bond motifs is 3. The molecular weight excluding hydrogens is 462 g/mol. The highest BCUT2D eigenvalue weighted by Crippen LogP contribution is 2.46. The zero-order valence-corrected chi connectivity index (χ0v) is 19.9. The van der Waals surface area contributed by atoms with Crippen molar-refractivity contribution >= 4 is 28.2 Å². The van der Waals surface area contributed by atoms with Crippen LogP contribution >= 0.6 is 0 Å². The number of carbonyl (C=O) groups excluding carboxylic acids is 1. The first kappa shape index (κ1) is 23.3. The van der Waals surface area contributed by atoms with E-state index in [9.17, 15) is 9.90 Å². The monoisotopic (exact) mass is 487 g/mol. The molecule has 0 amide bonds. The van der Waals surface area contributed by atoms with Gasteiger partial charge in [-0.2, -0.15) is 0 Å². The van der Waals surface area contributed by atoms with Crippen molar-refractivity contribution in [1.82, 2.24) is 4.98 Å². The van der Waals surface area contributed by atoms with Gasteiger partial charge in [0.05, 0.1) is 31.4 Å². The topological polar surface area (TPSA) is 103 Å². The summed E-state index contributed by atoms with van der Waals surface area (Å²) in [5, 5.41) is 10.5. The van der Waals surface area contributed by atoms with E-state index in [0.717, 1.165) is 16.5 Å². The molecular formula is C28H25NO7. The molecule has 8 heteroatoms. The summed E-state index contributed by atoms with van der Waals surface area (Å²) in [5.74, 6) is 1.25. The van der Waals surface area contributed by atoms with Crippen LogP contribution in [0.2, 0.25) is 0 Å². The van der Waals surface area contributed by atoms with Gasteiger partial charge in [-0.05, 0) is 42.3 Å². The summed E-state index contributed by atoms with van der Waals surface area (Å²) in [6, 6.07) is 20.5. The minimum Gasteiger partial charge on any atom is -0.497 e. The summed E-state index contributed by atoms with van der Waals surface area (Å²) in [7, 11) is 1.57. The maximum absolute atomic E-state index is 12.3. The van der Waals surface area contributed by atoms with Crippen LogP contribution in [0.5, 0.6) is 17.4 Å². The van der Waals surface area contributed by atoms with Crippen molar-refractivity contribution in [1.29, 1.82) is 0 Å². The number of rotatable bonds is 8. The Bertz CT molecular complexity index is 1530. The van der Waals surface area contributed by atoms with E-state index < -0.39 is 6.16 Å². The Morgan fingerprint density at radius 2 is 1.81 bits per heavy atom. The van der Waals surface area contributed by atoms with Gasteiger partial charge in [-0.3, -0.25) is 0 Å². The van der Waals surface area contributed by atoms with Gasteiger partial charge in [-0.25, -0.2) is 4.79 Å². The van der Waals surface area contributed by atoms with Crippen molar-refractivity contribution in [3.63, 3.8) is 0 Å². The predicted octanol–water partition coefficient (Wildman–Crippen LogP) is 6.20. The van der Waals surface area contributed by atoms with E-state index in [1.807, 2.05) is 54.6 Å². The van der Waals surface area contributed by atoms with Crippen LogP contribution in [0.3, 0.4) is 0 Å². The number of aromatic amines is 1. The lowest BCUT2D eigenvalue weighted by molar-refractivity contribution is 0.103. The third-order valence-corrected chi connectivity index (χ3v) is 5.87. The second-order valence-corrected chi connectivity index (χ2v) is 7.99. The van der Waals surface area contributed by atoms with Gasteiger partial charge in [-0.15, -0.1) is 0 Å². The number of nitrogens with one attached hydrogen (secondary N) is 1. The van der Waals surface area contributed by atoms with E-state index in [0.29, 0.717) is 39.3 Å². The molecule has 0 aliphatic heterocycles. The zero-order chi connectivity index (χ0) is 25.1. The summed E-state index contributed by atoms with van der Waals surface area (Å²) in [5.41, 5.74) is 4.66. The Morgan fingerprint density at radius 3 is 2.58 bits per heavy atom. The Hall–Kier alpha value is -4.43. The molecule has 0 saturated carbocycles. The fourth-order valence-corrected chi connectivity index (χ4v) is 4.14. The largest absolute Gasteiger partial charge is 0.515 e. The molecule has 5 aromatic rings.